The predicted octanol–water partition coefficient (Wildman–Crippen LogP) is 0.994. The topological polar surface area (TPSA) is 90.0 Å². The molecule has 10 heteroatoms. The summed E-state index contributed by atoms with van der Waals surface area (Å²) in [5.74, 6) is 0. The molecule has 1 heterocycles. The molecule has 1 aliphatic carbocycles. The Morgan fingerprint density at radius 1 is 1.33 bits per heavy atom. The maximum atomic E-state index is 12.2. The molecule has 3 N–H and O–H groups in total. The number of halogens is 3. The van der Waals surface area contributed by atoms with Gasteiger partial charge in [-0.3, -0.25) is 4.68 Å². The standard InChI is InChI=1S/C11H17F3N4O2S/c12-11(13,14)7-18-6-10(5-16-18)21(19,20)17-9-3-1-8(15)2-4-9/h5-6,8-9,17H,1-4,7,15H2. The van der Waals surface area contributed by atoms with Crippen molar-refractivity contribution in [1.29, 1.82) is 0 Å². The van der Waals surface area contributed by atoms with E-state index in [1.807, 2.05) is 0 Å². The van der Waals surface area contributed by atoms with Crippen LogP contribution >= 0.6 is 0 Å². The molecule has 0 aliphatic heterocycles. The molecular formula is C11H17F3N4O2S. The first-order chi connectivity index (χ1) is 9.66. The summed E-state index contributed by atoms with van der Waals surface area (Å²) in [6.45, 7) is -1.32. The molecule has 120 valence electrons. The summed E-state index contributed by atoms with van der Waals surface area (Å²) in [6.07, 6.45) is 0.0439. The van der Waals surface area contributed by atoms with Gasteiger partial charge in [0.05, 0.1) is 6.20 Å². The fraction of sp³-hybridized carbons (Fsp3) is 0.727. The Labute approximate surface area is 120 Å². The van der Waals surface area contributed by atoms with Gasteiger partial charge in [0, 0.05) is 18.3 Å². The SMILES string of the molecule is NC1CCC(NS(=O)(=O)c2cnn(CC(F)(F)F)c2)CC1. The minimum atomic E-state index is -4.44. The van der Waals surface area contributed by atoms with E-state index < -0.39 is 22.7 Å². The Balaban J connectivity index is 2.02. The summed E-state index contributed by atoms with van der Waals surface area (Å²) >= 11 is 0. The maximum absolute atomic E-state index is 12.2. The molecule has 0 bridgehead atoms. The average Bonchev–Trinajstić information content (AvgIpc) is 2.79. The lowest BCUT2D eigenvalue weighted by Crippen LogP contribution is -2.40. The minimum Gasteiger partial charge on any atom is -0.328 e. The third-order valence-corrected chi connectivity index (χ3v) is 4.83. The highest BCUT2D eigenvalue weighted by Crippen LogP contribution is 2.21. The number of hydrogen-bond acceptors (Lipinski definition) is 4. The monoisotopic (exact) mass is 326 g/mol. The van der Waals surface area contributed by atoms with Crippen molar-refractivity contribution in [2.24, 2.45) is 5.73 Å². The van der Waals surface area contributed by atoms with Crippen LogP contribution in [0.4, 0.5) is 13.2 Å². The van der Waals surface area contributed by atoms with Crippen molar-refractivity contribution < 1.29 is 21.6 Å². The van der Waals surface area contributed by atoms with Gasteiger partial charge in [0.1, 0.15) is 11.4 Å². The largest absolute Gasteiger partial charge is 0.408 e. The highest BCUT2D eigenvalue weighted by atomic mass is 32.2. The smallest absolute Gasteiger partial charge is 0.328 e. The lowest BCUT2D eigenvalue weighted by molar-refractivity contribution is -0.142. The van der Waals surface area contributed by atoms with Crippen LogP contribution in [0, 0.1) is 0 Å². The van der Waals surface area contributed by atoms with Gasteiger partial charge in [0.15, 0.2) is 0 Å². The van der Waals surface area contributed by atoms with Crippen LogP contribution in [-0.2, 0) is 16.6 Å². The molecule has 1 fully saturated rings. The number of sulfonamides is 1. The fourth-order valence-electron chi connectivity index (χ4n) is 2.28. The Morgan fingerprint density at radius 2 is 1.95 bits per heavy atom. The van der Waals surface area contributed by atoms with Crippen molar-refractivity contribution >= 4 is 10.0 Å². The minimum absolute atomic E-state index is 0.0836. The molecule has 0 atom stereocenters. The Morgan fingerprint density at radius 3 is 2.52 bits per heavy atom. The molecular weight excluding hydrogens is 309 g/mol. The van der Waals surface area contributed by atoms with Crippen molar-refractivity contribution in [2.45, 2.75) is 55.4 Å². The normalized spacial score (nSPS) is 24.2. The van der Waals surface area contributed by atoms with Gasteiger partial charge < -0.3 is 5.73 Å². The quantitative estimate of drug-likeness (QED) is 0.863. The number of aromatic nitrogens is 2. The van der Waals surface area contributed by atoms with Crippen molar-refractivity contribution in [1.82, 2.24) is 14.5 Å². The molecule has 6 nitrogen and oxygen atoms in total. The molecule has 21 heavy (non-hydrogen) atoms. The average molecular weight is 326 g/mol. The number of nitrogens with two attached hydrogens (primary N) is 1. The molecule has 0 unspecified atom stereocenters. The van der Waals surface area contributed by atoms with Crippen LogP contribution in [0.3, 0.4) is 0 Å². The van der Waals surface area contributed by atoms with Gasteiger partial charge >= 0.3 is 6.18 Å². The van der Waals surface area contributed by atoms with E-state index in [9.17, 15) is 21.6 Å². The highest BCUT2D eigenvalue weighted by Gasteiger charge is 2.30. The molecule has 0 aromatic carbocycles. The first-order valence-electron chi connectivity index (χ1n) is 6.53. The molecule has 1 aliphatic rings. The maximum Gasteiger partial charge on any atom is 0.408 e. The number of nitrogens with one attached hydrogen (secondary N) is 1. The van der Waals surface area contributed by atoms with Gasteiger partial charge in [-0.15, -0.1) is 0 Å². The van der Waals surface area contributed by atoms with Crippen molar-refractivity contribution in [3.8, 4) is 0 Å². The van der Waals surface area contributed by atoms with Gasteiger partial charge in [0.2, 0.25) is 10.0 Å². The van der Waals surface area contributed by atoms with Gasteiger partial charge in [-0.05, 0) is 25.7 Å². The fourth-order valence-corrected chi connectivity index (χ4v) is 3.54. The van der Waals surface area contributed by atoms with Crippen molar-refractivity contribution in [3.05, 3.63) is 12.4 Å². The van der Waals surface area contributed by atoms with E-state index in [0.29, 0.717) is 17.5 Å². The second-order valence-corrected chi connectivity index (χ2v) is 6.94. The van der Waals surface area contributed by atoms with E-state index in [1.54, 1.807) is 0 Å². The van der Waals surface area contributed by atoms with Crippen molar-refractivity contribution in [2.75, 3.05) is 0 Å². The van der Waals surface area contributed by atoms with Gasteiger partial charge in [-0.25, -0.2) is 13.1 Å². The Bertz CT molecular complexity index is 577. The van der Waals surface area contributed by atoms with Crippen LogP contribution < -0.4 is 10.5 Å². The zero-order valence-electron chi connectivity index (χ0n) is 11.2. The first kappa shape index (κ1) is 16.2. The lowest BCUT2D eigenvalue weighted by atomic mass is 9.93. The number of rotatable bonds is 4. The lowest BCUT2D eigenvalue weighted by Gasteiger charge is -2.26. The molecule has 1 aromatic rings. The van der Waals surface area contributed by atoms with Gasteiger partial charge in [-0.2, -0.15) is 18.3 Å². The highest BCUT2D eigenvalue weighted by molar-refractivity contribution is 7.89. The zero-order valence-corrected chi connectivity index (χ0v) is 12.0. The van der Waals surface area contributed by atoms with Crippen LogP contribution in [0.15, 0.2) is 17.3 Å². The van der Waals surface area contributed by atoms with E-state index in [1.165, 1.54) is 0 Å². The molecule has 0 radical (unpaired) electrons. The number of nitrogens with zero attached hydrogens (tertiary/aromatic N) is 2. The third-order valence-electron chi connectivity index (χ3n) is 3.35. The molecule has 0 spiro atoms. The van der Waals surface area contributed by atoms with Crippen LogP contribution in [0.1, 0.15) is 25.7 Å². The van der Waals surface area contributed by atoms with E-state index in [4.69, 9.17) is 5.73 Å². The summed E-state index contributed by atoms with van der Waals surface area (Å²) in [6, 6.07) is -0.152. The molecule has 2 rings (SSSR count). The predicted molar refractivity (Wildman–Crippen MR) is 68.8 cm³/mol. The summed E-state index contributed by atoms with van der Waals surface area (Å²) in [4.78, 5) is -0.262. The van der Waals surface area contributed by atoms with Gasteiger partial charge in [0.25, 0.3) is 0 Å². The zero-order chi connectivity index (χ0) is 15.7. The number of hydrogen-bond donors (Lipinski definition) is 2. The summed E-state index contributed by atoms with van der Waals surface area (Å²) in [5.41, 5.74) is 5.74. The second kappa shape index (κ2) is 5.93. The summed E-state index contributed by atoms with van der Waals surface area (Å²) in [5, 5.41) is 3.43. The van der Waals surface area contributed by atoms with E-state index in [0.717, 1.165) is 25.2 Å². The van der Waals surface area contributed by atoms with Crippen LogP contribution in [0.5, 0.6) is 0 Å². The molecule has 0 saturated heterocycles. The summed E-state index contributed by atoms with van der Waals surface area (Å²) in [7, 11) is -3.85. The van der Waals surface area contributed by atoms with Gasteiger partial charge in [-0.1, -0.05) is 0 Å². The van der Waals surface area contributed by atoms with E-state index in [-0.39, 0.29) is 17.0 Å². The van der Waals surface area contributed by atoms with E-state index >= 15 is 0 Å². The molecule has 1 saturated carbocycles. The molecule has 1 aromatic heterocycles. The van der Waals surface area contributed by atoms with Crippen LogP contribution in [-0.4, -0.2) is 36.5 Å². The summed E-state index contributed by atoms with van der Waals surface area (Å²) < 4.78 is 63.9. The van der Waals surface area contributed by atoms with E-state index in [2.05, 4.69) is 9.82 Å². The van der Waals surface area contributed by atoms with Crippen molar-refractivity contribution in [3.63, 3.8) is 0 Å². The third kappa shape index (κ3) is 4.68. The Hall–Kier alpha value is -1.13. The second-order valence-electron chi connectivity index (χ2n) is 5.22. The molecule has 0 amide bonds. The Kier molecular flexibility index (Phi) is 4.59. The van der Waals surface area contributed by atoms with Crippen LogP contribution in [0.25, 0.3) is 0 Å². The first-order valence-corrected chi connectivity index (χ1v) is 8.01. The number of alkyl halides is 3. The van der Waals surface area contributed by atoms with Crippen LogP contribution in [0.2, 0.25) is 0 Å².